The van der Waals surface area contributed by atoms with Crippen molar-refractivity contribution in [1.29, 1.82) is 0 Å². The van der Waals surface area contributed by atoms with Gasteiger partial charge in [0.05, 0.1) is 13.7 Å². The molecule has 18 heavy (non-hydrogen) atoms. The Bertz CT molecular complexity index is 398. The lowest BCUT2D eigenvalue weighted by molar-refractivity contribution is -0.145. The normalized spacial score (nSPS) is 10.0. The van der Waals surface area contributed by atoms with Crippen LogP contribution in [0.4, 0.5) is 0 Å². The molecule has 0 heterocycles. The number of nitrogens with two attached hydrogens (primary N) is 1. The summed E-state index contributed by atoms with van der Waals surface area (Å²) >= 11 is 5.91. The molecule has 0 aromatic heterocycles. The average Bonchev–Trinajstić information content (AvgIpc) is 2.36. The van der Waals surface area contributed by atoms with Gasteiger partial charge in [-0.1, -0.05) is 11.6 Å². The zero-order valence-corrected chi connectivity index (χ0v) is 11.1. The molecule has 6 heteroatoms. The van der Waals surface area contributed by atoms with E-state index in [1.54, 1.807) is 19.1 Å². The highest BCUT2D eigenvalue weighted by atomic mass is 35.5. The molecule has 1 aromatic rings. The Hall–Kier alpha value is -1.46. The predicted octanol–water partition coefficient (Wildman–Crippen LogP) is 1.75. The van der Waals surface area contributed by atoms with Gasteiger partial charge in [0.2, 0.25) is 0 Å². The largest absolute Gasteiger partial charge is 0.493 e. The SMILES string of the molecule is CCOC(=O)COc1c(CN)cc(Cl)cc1OC. The summed E-state index contributed by atoms with van der Waals surface area (Å²) in [6, 6.07) is 3.27. The molecule has 0 aliphatic rings. The first-order chi connectivity index (χ1) is 8.62. The van der Waals surface area contributed by atoms with Crippen molar-refractivity contribution >= 4 is 17.6 Å². The van der Waals surface area contributed by atoms with E-state index in [9.17, 15) is 4.79 Å². The third kappa shape index (κ3) is 3.78. The Morgan fingerprint density at radius 3 is 2.72 bits per heavy atom. The van der Waals surface area contributed by atoms with E-state index in [0.717, 1.165) is 0 Å². The van der Waals surface area contributed by atoms with E-state index in [1.807, 2.05) is 0 Å². The van der Waals surface area contributed by atoms with Crippen molar-refractivity contribution in [2.75, 3.05) is 20.3 Å². The zero-order valence-electron chi connectivity index (χ0n) is 10.4. The fourth-order valence-corrected chi connectivity index (χ4v) is 1.65. The molecule has 0 amide bonds. The van der Waals surface area contributed by atoms with Crippen LogP contribution >= 0.6 is 11.6 Å². The van der Waals surface area contributed by atoms with Crippen molar-refractivity contribution in [2.45, 2.75) is 13.5 Å². The molecule has 0 fully saturated rings. The maximum absolute atomic E-state index is 11.2. The number of methoxy groups -OCH3 is 1. The summed E-state index contributed by atoms with van der Waals surface area (Å²) in [5.41, 5.74) is 6.27. The third-order valence-corrected chi connectivity index (χ3v) is 2.39. The number of carbonyl (C=O) groups excluding carboxylic acids is 1. The minimum atomic E-state index is -0.447. The summed E-state index contributed by atoms with van der Waals surface area (Å²) in [5, 5.41) is 0.496. The number of benzene rings is 1. The van der Waals surface area contributed by atoms with Crippen molar-refractivity contribution in [3.8, 4) is 11.5 Å². The molecular weight excluding hydrogens is 258 g/mol. The Morgan fingerprint density at radius 1 is 1.44 bits per heavy atom. The molecule has 0 aliphatic carbocycles. The monoisotopic (exact) mass is 273 g/mol. The van der Waals surface area contributed by atoms with Crippen LogP contribution in [0.3, 0.4) is 0 Å². The number of hydrogen-bond donors (Lipinski definition) is 1. The van der Waals surface area contributed by atoms with Crippen LogP contribution in [0.15, 0.2) is 12.1 Å². The number of rotatable bonds is 6. The Morgan fingerprint density at radius 2 is 2.17 bits per heavy atom. The second-order valence-electron chi connectivity index (χ2n) is 3.39. The van der Waals surface area contributed by atoms with E-state index in [4.69, 9.17) is 31.5 Å². The van der Waals surface area contributed by atoms with Crippen molar-refractivity contribution in [3.63, 3.8) is 0 Å². The minimum absolute atomic E-state index is 0.196. The maximum Gasteiger partial charge on any atom is 0.344 e. The lowest BCUT2D eigenvalue weighted by atomic mass is 10.2. The van der Waals surface area contributed by atoms with Crippen molar-refractivity contribution < 1.29 is 19.0 Å². The Kier molecular flexibility index (Phi) is 5.74. The van der Waals surface area contributed by atoms with Gasteiger partial charge >= 0.3 is 5.97 Å². The smallest absolute Gasteiger partial charge is 0.344 e. The average molecular weight is 274 g/mol. The molecule has 0 unspecified atom stereocenters. The van der Waals surface area contributed by atoms with Crippen molar-refractivity contribution in [2.24, 2.45) is 5.73 Å². The van der Waals surface area contributed by atoms with Gasteiger partial charge in [-0.2, -0.15) is 0 Å². The predicted molar refractivity (Wildman–Crippen MR) is 68.0 cm³/mol. The molecule has 0 aliphatic heterocycles. The molecule has 100 valence electrons. The highest BCUT2D eigenvalue weighted by Crippen LogP contribution is 2.34. The van der Waals surface area contributed by atoms with Gasteiger partial charge in [0.25, 0.3) is 0 Å². The molecular formula is C12H16ClNO4. The van der Waals surface area contributed by atoms with Crippen LogP contribution < -0.4 is 15.2 Å². The number of hydrogen-bond acceptors (Lipinski definition) is 5. The molecule has 0 spiro atoms. The fourth-order valence-electron chi connectivity index (χ4n) is 1.42. The highest BCUT2D eigenvalue weighted by Gasteiger charge is 2.13. The van der Waals surface area contributed by atoms with Gasteiger partial charge in [0, 0.05) is 23.2 Å². The molecule has 2 N–H and O–H groups in total. The Balaban J connectivity index is 2.88. The molecule has 1 aromatic carbocycles. The molecule has 5 nitrogen and oxygen atoms in total. The lowest BCUT2D eigenvalue weighted by Crippen LogP contribution is -2.16. The summed E-state index contributed by atoms with van der Waals surface area (Å²) in [4.78, 5) is 11.2. The van der Waals surface area contributed by atoms with Crippen LogP contribution in [0.2, 0.25) is 5.02 Å². The van der Waals surface area contributed by atoms with Gasteiger partial charge in [-0.15, -0.1) is 0 Å². The van der Waals surface area contributed by atoms with Gasteiger partial charge in [0.15, 0.2) is 18.1 Å². The van der Waals surface area contributed by atoms with E-state index in [-0.39, 0.29) is 13.2 Å². The number of esters is 1. The summed E-state index contributed by atoms with van der Waals surface area (Å²) in [7, 11) is 1.49. The molecule has 0 atom stereocenters. The Labute approximate surface area is 111 Å². The highest BCUT2D eigenvalue weighted by molar-refractivity contribution is 6.30. The van der Waals surface area contributed by atoms with Crippen LogP contribution in [-0.4, -0.2) is 26.3 Å². The number of halogens is 1. The van der Waals surface area contributed by atoms with E-state index < -0.39 is 5.97 Å². The number of ether oxygens (including phenoxy) is 3. The second kappa shape index (κ2) is 7.08. The summed E-state index contributed by atoms with van der Waals surface area (Å²) in [6.07, 6.45) is 0. The number of carbonyl (C=O) groups is 1. The quantitative estimate of drug-likeness (QED) is 0.800. The first kappa shape index (κ1) is 14.6. The van der Waals surface area contributed by atoms with Crippen LogP contribution in [0.25, 0.3) is 0 Å². The first-order valence-electron chi connectivity index (χ1n) is 5.47. The fraction of sp³-hybridized carbons (Fsp3) is 0.417. The molecule has 0 radical (unpaired) electrons. The van der Waals surface area contributed by atoms with Crippen LogP contribution in [-0.2, 0) is 16.1 Å². The van der Waals surface area contributed by atoms with Crippen molar-refractivity contribution in [1.82, 2.24) is 0 Å². The second-order valence-corrected chi connectivity index (χ2v) is 3.83. The maximum atomic E-state index is 11.2. The van der Waals surface area contributed by atoms with Gasteiger partial charge < -0.3 is 19.9 Å². The lowest BCUT2D eigenvalue weighted by Gasteiger charge is -2.14. The van der Waals surface area contributed by atoms with Crippen LogP contribution in [0.5, 0.6) is 11.5 Å². The van der Waals surface area contributed by atoms with Crippen LogP contribution in [0, 0.1) is 0 Å². The minimum Gasteiger partial charge on any atom is -0.493 e. The summed E-state index contributed by atoms with van der Waals surface area (Å²) < 4.78 is 15.3. The summed E-state index contributed by atoms with van der Waals surface area (Å²) in [5.74, 6) is 0.405. The first-order valence-corrected chi connectivity index (χ1v) is 5.85. The van der Waals surface area contributed by atoms with Gasteiger partial charge in [-0.25, -0.2) is 4.79 Å². The molecule has 0 saturated heterocycles. The zero-order chi connectivity index (χ0) is 13.5. The van der Waals surface area contributed by atoms with E-state index in [1.165, 1.54) is 7.11 Å². The topological polar surface area (TPSA) is 70.8 Å². The molecule has 1 rings (SSSR count). The van der Waals surface area contributed by atoms with E-state index in [2.05, 4.69) is 0 Å². The third-order valence-electron chi connectivity index (χ3n) is 2.18. The van der Waals surface area contributed by atoms with E-state index in [0.29, 0.717) is 28.7 Å². The van der Waals surface area contributed by atoms with E-state index >= 15 is 0 Å². The van der Waals surface area contributed by atoms with Gasteiger partial charge in [-0.3, -0.25) is 0 Å². The van der Waals surface area contributed by atoms with Crippen LogP contribution in [0.1, 0.15) is 12.5 Å². The van der Waals surface area contributed by atoms with Gasteiger partial charge in [-0.05, 0) is 13.0 Å². The van der Waals surface area contributed by atoms with Gasteiger partial charge in [0.1, 0.15) is 0 Å². The molecule has 0 bridgehead atoms. The standard InChI is InChI=1S/C12H16ClNO4/c1-3-17-11(15)7-18-12-8(6-14)4-9(13)5-10(12)16-2/h4-5H,3,6-7,14H2,1-2H3. The molecule has 0 saturated carbocycles. The van der Waals surface area contributed by atoms with Crippen molar-refractivity contribution in [3.05, 3.63) is 22.7 Å². The summed E-state index contributed by atoms with van der Waals surface area (Å²) in [6.45, 7) is 2.07.